The monoisotopic (exact) mass is 712 g/mol. The van der Waals surface area contributed by atoms with Crippen molar-refractivity contribution < 1.29 is 35.9 Å². The van der Waals surface area contributed by atoms with Crippen LogP contribution in [0.2, 0.25) is 0 Å². The molecule has 1 amide bonds. The number of alkyl halides is 3. The van der Waals surface area contributed by atoms with Crippen molar-refractivity contribution >= 4 is 44.9 Å². The van der Waals surface area contributed by atoms with Crippen molar-refractivity contribution in [3.63, 3.8) is 0 Å². The Balaban J connectivity index is 1.58. The second-order valence-electron chi connectivity index (χ2n) is 11.6. The fraction of sp³-hybridized carbons (Fsp3) is 0.286. The Hall–Kier alpha value is -4.53. The van der Waals surface area contributed by atoms with E-state index >= 15 is 0 Å². The molecular formula is C35H35F3N4O5S2. The molecule has 5 rings (SSSR count). The minimum absolute atomic E-state index is 0.0242. The van der Waals surface area contributed by atoms with Gasteiger partial charge in [-0.15, -0.1) is 0 Å². The number of H-pyrrole nitrogens is 1. The number of carbonyl (C=O) groups excluding carboxylic acids is 2. The fourth-order valence-electron chi connectivity index (χ4n) is 5.88. The first-order chi connectivity index (χ1) is 23.3. The summed E-state index contributed by atoms with van der Waals surface area (Å²) in [7, 11) is -4.22. The van der Waals surface area contributed by atoms with Crippen LogP contribution >= 0.6 is 12.2 Å². The van der Waals surface area contributed by atoms with Crippen molar-refractivity contribution in [2.24, 2.45) is 5.92 Å². The molecule has 0 spiro atoms. The van der Waals surface area contributed by atoms with Crippen LogP contribution < -0.4 is 10.2 Å². The van der Waals surface area contributed by atoms with Crippen LogP contribution in [-0.4, -0.2) is 54.0 Å². The van der Waals surface area contributed by atoms with Crippen LogP contribution in [0.3, 0.4) is 0 Å². The molecule has 49 heavy (non-hydrogen) atoms. The number of aromatic nitrogens is 1. The van der Waals surface area contributed by atoms with Crippen LogP contribution in [0.15, 0.2) is 96.0 Å². The van der Waals surface area contributed by atoms with Gasteiger partial charge in [0.15, 0.2) is 5.11 Å². The molecule has 4 aromatic rings. The van der Waals surface area contributed by atoms with Crippen molar-refractivity contribution in [2.75, 3.05) is 18.1 Å². The van der Waals surface area contributed by atoms with E-state index in [1.54, 1.807) is 86.6 Å². The number of hydrogen-bond acceptors (Lipinski definition) is 6. The third-order valence-electron chi connectivity index (χ3n) is 8.38. The van der Waals surface area contributed by atoms with Gasteiger partial charge in [0, 0.05) is 18.3 Å². The quantitative estimate of drug-likeness (QED) is 0.143. The smallest absolute Gasteiger partial charge is 0.391 e. The van der Waals surface area contributed by atoms with Crippen LogP contribution in [0.25, 0.3) is 0 Å². The van der Waals surface area contributed by atoms with E-state index < -0.39 is 46.5 Å². The zero-order chi connectivity index (χ0) is 35.3. The maximum absolute atomic E-state index is 14.2. The van der Waals surface area contributed by atoms with E-state index in [4.69, 9.17) is 17.0 Å². The molecule has 0 aliphatic carbocycles. The lowest BCUT2D eigenvalue weighted by Gasteiger charge is -2.40. The van der Waals surface area contributed by atoms with E-state index in [0.29, 0.717) is 16.7 Å². The molecule has 2 heterocycles. The second-order valence-corrected chi connectivity index (χ2v) is 13.9. The van der Waals surface area contributed by atoms with Gasteiger partial charge in [-0.25, -0.2) is 13.2 Å². The highest BCUT2D eigenvalue weighted by Gasteiger charge is 2.48. The fourth-order valence-corrected chi connectivity index (χ4v) is 7.76. The Bertz CT molecular complexity index is 1920. The molecule has 2 N–H and O–H groups in total. The summed E-state index contributed by atoms with van der Waals surface area (Å²) in [6.45, 7) is 3.05. The highest BCUT2D eigenvalue weighted by molar-refractivity contribution is 7.89. The molecule has 0 bridgehead atoms. The van der Waals surface area contributed by atoms with Gasteiger partial charge in [0.05, 0.1) is 35.7 Å². The summed E-state index contributed by atoms with van der Waals surface area (Å²) in [4.78, 5) is 30.3. The summed E-state index contributed by atoms with van der Waals surface area (Å²) in [6.07, 6.45) is -3.94. The number of amides is 1. The van der Waals surface area contributed by atoms with Crippen LogP contribution in [-0.2, 0) is 21.3 Å². The summed E-state index contributed by atoms with van der Waals surface area (Å²) < 4.78 is 76.9. The lowest BCUT2D eigenvalue weighted by Crippen LogP contribution is -2.45. The summed E-state index contributed by atoms with van der Waals surface area (Å²) in [5, 5.41) is 2.58. The molecule has 0 radical (unpaired) electrons. The van der Waals surface area contributed by atoms with E-state index in [1.165, 1.54) is 23.2 Å². The number of carbonyl (C=O) groups is 2. The third-order valence-corrected chi connectivity index (χ3v) is 10.6. The summed E-state index contributed by atoms with van der Waals surface area (Å²) >= 11 is 5.71. The number of ether oxygens (including phenoxy) is 1. The van der Waals surface area contributed by atoms with Crippen molar-refractivity contribution in [1.29, 1.82) is 0 Å². The van der Waals surface area contributed by atoms with E-state index in [9.17, 15) is 31.2 Å². The van der Waals surface area contributed by atoms with Gasteiger partial charge in [-0.2, -0.15) is 17.5 Å². The molecule has 9 nitrogen and oxygen atoms in total. The van der Waals surface area contributed by atoms with Crippen molar-refractivity contribution in [1.82, 2.24) is 14.6 Å². The second kappa shape index (κ2) is 14.9. The van der Waals surface area contributed by atoms with E-state index in [-0.39, 0.29) is 47.5 Å². The highest BCUT2D eigenvalue weighted by Crippen LogP contribution is 2.45. The first kappa shape index (κ1) is 35.8. The first-order valence-corrected chi connectivity index (χ1v) is 17.4. The maximum atomic E-state index is 14.2. The first-order valence-electron chi connectivity index (χ1n) is 15.6. The average molecular weight is 713 g/mol. The van der Waals surface area contributed by atoms with Gasteiger partial charge in [-0.05, 0) is 80.4 Å². The molecule has 0 saturated carbocycles. The molecule has 258 valence electrons. The predicted molar refractivity (Wildman–Crippen MR) is 182 cm³/mol. The Kier molecular flexibility index (Phi) is 10.9. The van der Waals surface area contributed by atoms with Crippen LogP contribution in [0.5, 0.6) is 0 Å². The number of hydrogen-bond donors (Lipinski definition) is 2. The SMILES string of the molecule is CCOC(=O)c1[nH]ccc1N(Cc1ccccc1C1CC(C(F)(F)F)CCN1S(=O)(=O)c1ccc(C)cc1)C(=S)NC(=O)c1ccccc1. The lowest BCUT2D eigenvalue weighted by atomic mass is 9.86. The minimum Gasteiger partial charge on any atom is -0.461 e. The van der Waals surface area contributed by atoms with Gasteiger partial charge in [-0.1, -0.05) is 60.2 Å². The van der Waals surface area contributed by atoms with Gasteiger partial charge < -0.3 is 14.6 Å². The standard InChI is InChI=1S/C35H35F3N4O5S2/c1-3-47-33(44)31-29(17-19-39-31)41(34(48)40-32(43)24-9-5-4-6-10-24)22-25-11-7-8-12-28(25)30-21-26(35(36,37)38)18-20-42(30)49(45,46)27-15-13-23(2)14-16-27/h4-17,19,26,30,39H,3,18,20-22H2,1-2H3,(H,40,43,48). The summed E-state index contributed by atoms with van der Waals surface area (Å²) in [6, 6.07) is 21.4. The number of aryl methyl sites for hydroxylation is 1. The molecular weight excluding hydrogens is 678 g/mol. The predicted octanol–water partition coefficient (Wildman–Crippen LogP) is 6.93. The Morgan fingerprint density at radius 2 is 1.69 bits per heavy atom. The number of aromatic amines is 1. The molecule has 1 aliphatic heterocycles. The van der Waals surface area contributed by atoms with E-state index in [2.05, 4.69) is 10.3 Å². The number of thiocarbonyl (C=S) groups is 1. The number of sulfonamides is 1. The van der Waals surface area contributed by atoms with Gasteiger partial charge in [0.25, 0.3) is 5.91 Å². The van der Waals surface area contributed by atoms with E-state index in [0.717, 1.165) is 9.87 Å². The topological polar surface area (TPSA) is 112 Å². The zero-order valence-electron chi connectivity index (χ0n) is 26.7. The molecule has 1 aliphatic rings. The van der Waals surface area contributed by atoms with Gasteiger partial charge in [0.1, 0.15) is 5.69 Å². The van der Waals surface area contributed by atoms with Crippen LogP contribution in [0.4, 0.5) is 18.9 Å². The number of halogens is 3. The number of nitrogens with one attached hydrogen (secondary N) is 2. The maximum Gasteiger partial charge on any atom is 0.391 e. The van der Waals surface area contributed by atoms with Crippen LogP contribution in [0.1, 0.15) is 63.3 Å². The van der Waals surface area contributed by atoms with Gasteiger partial charge >= 0.3 is 12.1 Å². The van der Waals surface area contributed by atoms with Crippen molar-refractivity contribution in [3.8, 4) is 0 Å². The number of esters is 1. The minimum atomic E-state index is -4.54. The lowest BCUT2D eigenvalue weighted by molar-refractivity contribution is -0.187. The van der Waals surface area contributed by atoms with E-state index in [1.807, 2.05) is 0 Å². The number of piperidine rings is 1. The molecule has 3 aromatic carbocycles. The van der Waals surface area contributed by atoms with Crippen molar-refractivity contribution in [3.05, 3.63) is 119 Å². The zero-order valence-corrected chi connectivity index (χ0v) is 28.4. The highest BCUT2D eigenvalue weighted by atomic mass is 32.2. The summed E-state index contributed by atoms with van der Waals surface area (Å²) in [5.74, 6) is -2.95. The Morgan fingerprint density at radius 1 is 1.02 bits per heavy atom. The number of nitrogens with zero attached hydrogens (tertiary/aromatic N) is 2. The van der Waals surface area contributed by atoms with Crippen LogP contribution in [0, 0.1) is 12.8 Å². The number of benzene rings is 3. The average Bonchev–Trinajstić information content (AvgIpc) is 3.57. The normalized spacial score (nSPS) is 16.9. The Morgan fingerprint density at radius 3 is 2.37 bits per heavy atom. The third kappa shape index (κ3) is 8.03. The molecule has 2 unspecified atom stereocenters. The summed E-state index contributed by atoms with van der Waals surface area (Å²) in [5.41, 5.74) is 2.21. The number of anilines is 1. The molecule has 1 saturated heterocycles. The molecule has 2 atom stereocenters. The van der Waals surface area contributed by atoms with Gasteiger partial charge in [0.2, 0.25) is 10.0 Å². The van der Waals surface area contributed by atoms with Crippen molar-refractivity contribution in [2.45, 2.75) is 50.3 Å². The van der Waals surface area contributed by atoms with Gasteiger partial charge in [-0.3, -0.25) is 10.1 Å². The number of rotatable bonds is 9. The molecule has 14 heteroatoms. The molecule has 1 fully saturated rings. The largest absolute Gasteiger partial charge is 0.461 e. The Labute approximate surface area is 288 Å². The molecule has 1 aromatic heterocycles.